The maximum Gasteiger partial charge on any atom is 0.321 e. The lowest BCUT2D eigenvalue weighted by atomic mass is 10.0. The third-order valence-electron chi connectivity index (χ3n) is 5.98. The van der Waals surface area contributed by atoms with Gasteiger partial charge in [-0.1, -0.05) is 6.07 Å². The van der Waals surface area contributed by atoms with Crippen molar-refractivity contribution in [1.29, 1.82) is 0 Å². The highest BCUT2D eigenvalue weighted by Crippen LogP contribution is 2.32. The van der Waals surface area contributed by atoms with Gasteiger partial charge in [0.2, 0.25) is 0 Å². The number of hydrogen-bond donors (Lipinski definition) is 2. The van der Waals surface area contributed by atoms with E-state index in [-0.39, 0.29) is 6.03 Å². The zero-order valence-electron chi connectivity index (χ0n) is 17.5. The molecule has 2 aromatic carbocycles. The first kappa shape index (κ1) is 19.2. The fourth-order valence-corrected chi connectivity index (χ4v) is 4.13. The van der Waals surface area contributed by atoms with Crippen molar-refractivity contribution in [3.63, 3.8) is 0 Å². The van der Waals surface area contributed by atoms with Crippen LogP contribution in [0.5, 0.6) is 5.75 Å². The van der Waals surface area contributed by atoms with Crippen LogP contribution in [-0.2, 0) is 0 Å². The summed E-state index contributed by atoms with van der Waals surface area (Å²) in [7, 11) is 1.67. The third-order valence-corrected chi connectivity index (χ3v) is 5.98. The van der Waals surface area contributed by atoms with Gasteiger partial charge >= 0.3 is 6.03 Å². The molecule has 1 aromatic heterocycles. The number of amides is 2. The number of methoxy groups -OCH3 is 1. The van der Waals surface area contributed by atoms with E-state index in [4.69, 9.17) is 4.74 Å². The van der Waals surface area contributed by atoms with E-state index in [0.29, 0.717) is 13.1 Å². The number of aromatic amines is 1. The van der Waals surface area contributed by atoms with Gasteiger partial charge < -0.3 is 24.8 Å². The molecule has 0 bridgehead atoms. The molecule has 1 aliphatic rings. The van der Waals surface area contributed by atoms with Gasteiger partial charge in [0.05, 0.1) is 7.11 Å². The summed E-state index contributed by atoms with van der Waals surface area (Å²) in [5.41, 5.74) is 6.36. The number of benzene rings is 2. The number of nitrogens with one attached hydrogen (secondary N) is 2. The number of fused-ring (bicyclic) bond motifs is 1. The van der Waals surface area contributed by atoms with Gasteiger partial charge in [-0.05, 0) is 61.7 Å². The van der Waals surface area contributed by atoms with Crippen LogP contribution in [0.2, 0.25) is 0 Å². The quantitative estimate of drug-likeness (QED) is 0.692. The van der Waals surface area contributed by atoms with Crippen molar-refractivity contribution in [1.82, 2.24) is 9.88 Å². The van der Waals surface area contributed by atoms with Crippen molar-refractivity contribution in [2.24, 2.45) is 0 Å². The molecule has 2 N–H and O–H groups in total. The SMILES string of the molecule is COc1cc(C)c(NC(=O)N2CCN(c3cccc4[nH]ccc34)CC2)c(C)c1C. The normalized spacial score (nSPS) is 14.3. The third kappa shape index (κ3) is 3.50. The maximum absolute atomic E-state index is 12.9. The number of aryl methyl sites for hydroxylation is 1. The number of aromatic nitrogens is 1. The second kappa shape index (κ2) is 7.70. The van der Waals surface area contributed by atoms with Crippen LogP contribution < -0.4 is 15.0 Å². The van der Waals surface area contributed by atoms with Crippen LogP contribution in [0.1, 0.15) is 16.7 Å². The molecule has 6 nitrogen and oxygen atoms in total. The van der Waals surface area contributed by atoms with E-state index >= 15 is 0 Å². The Morgan fingerprint density at radius 3 is 2.55 bits per heavy atom. The van der Waals surface area contributed by atoms with Crippen LogP contribution >= 0.6 is 0 Å². The van der Waals surface area contributed by atoms with E-state index in [1.165, 1.54) is 11.1 Å². The van der Waals surface area contributed by atoms with Gasteiger partial charge in [-0.2, -0.15) is 0 Å². The standard InChI is InChI=1S/C23H28N4O2/c1-15-14-21(29-4)16(2)17(3)22(15)25-23(28)27-12-10-26(11-13-27)20-7-5-6-19-18(20)8-9-24-19/h5-9,14,24H,10-13H2,1-4H3,(H,25,28). The lowest BCUT2D eigenvalue weighted by molar-refractivity contribution is 0.208. The van der Waals surface area contributed by atoms with E-state index in [1.807, 2.05) is 37.9 Å². The summed E-state index contributed by atoms with van der Waals surface area (Å²) in [5.74, 6) is 0.852. The molecule has 0 saturated carbocycles. The van der Waals surface area contributed by atoms with Gasteiger partial charge in [-0.3, -0.25) is 0 Å². The molecular weight excluding hydrogens is 364 g/mol. The average molecular weight is 393 g/mol. The van der Waals surface area contributed by atoms with Crippen LogP contribution in [0.4, 0.5) is 16.2 Å². The molecule has 6 heteroatoms. The molecule has 1 saturated heterocycles. The van der Waals surface area contributed by atoms with Crippen LogP contribution in [0.25, 0.3) is 10.9 Å². The molecule has 29 heavy (non-hydrogen) atoms. The van der Waals surface area contributed by atoms with Gasteiger partial charge in [0.1, 0.15) is 5.75 Å². The topological polar surface area (TPSA) is 60.6 Å². The van der Waals surface area contributed by atoms with E-state index in [1.54, 1.807) is 7.11 Å². The van der Waals surface area contributed by atoms with Gasteiger partial charge in [0, 0.05) is 54.7 Å². The number of nitrogens with zero attached hydrogens (tertiary/aromatic N) is 2. The van der Waals surface area contributed by atoms with Gasteiger partial charge in [-0.15, -0.1) is 0 Å². The molecule has 2 amide bonds. The van der Waals surface area contributed by atoms with Crippen molar-refractivity contribution in [2.45, 2.75) is 20.8 Å². The smallest absolute Gasteiger partial charge is 0.321 e. The summed E-state index contributed by atoms with van der Waals surface area (Å²) in [4.78, 5) is 20.4. The van der Waals surface area contributed by atoms with Crippen molar-refractivity contribution >= 4 is 28.3 Å². The highest BCUT2D eigenvalue weighted by Gasteiger charge is 2.23. The molecule has 0 radical (unpaired) electrons. The molecule has 0 unspecified atom stereocenters. The second-order valence-corrected chi connectivity index (χ2v) is 7.64. The van der Waals surface area contributed by atoms with Gasteiger partial charge in [0.15, 0.2) is 0 Å². The summed E-state index contributed by atoms with van der Waals surface area (Å²) in [6.07, 6.45) is 1.97. The predicted molar refractivity (Wildman–Crippen MR) is 118 cm³/mol. The van der Waals surface area contributed by atoms with E-state index in [0.717, 1.165) is 46.7 Å². The summed E-state index contributed by atoms with van der Waals surface area (Å²) in [6.45, 7) is 9.06. The Balaban J connectivity index is 1.45. The Morgan fingerprint density at radius 2 is 1.83 bits per heavy atom. The van der Waals surface area contributed by atoms with Crippen molar-refractivity contribution < 1.29 is 9.53 Å². The molecule has 0 aliphatic carbocycles. The number of rotatable bonds is 3. The summed E-state index contributed by atoms with van der Waals surface area (Å²) in [6, 6.07) is 10.4. The number of urea groups is 1. The highest BCUT2D eigenvalue weighted by atomic mass is 16.5. The van der Waals surface area contributed by atoms with E-state index in [2.05, 4.69) is 39.5 Å². The lowest BCUT2D eigenvalue weighted by Crippen LogP contribution is -2.50. The highest BCUT2D eigenvalue weighted by molar-refractivity contribution is 5.93. The summed E-state index contributed by atoms with van der Waals surface area (Å²) in [5, 5.41) is 4.36. The first-order valence-electron chi connectivity index (χ1n) is 10.0. The Morgan fingerprint density at radius 1 is 1.07 bits per heavy atom. The monoisotopic (exact) mass is 392 g/mol. The first-order chi connectivity index (χ1) is 14.0. The number of ether oxygens (including phenoxy) is 1. The molecule has 3 aromatic rings. The number of carbonyl (C=O) groups excluding carboxylic acids is 1. The fourth-order valence-electron chi connectivity index (χ4n) is 4.13. The number of H-pyrrole nitrogens is 1. The largest absolute Gasteiger partial charge is 0.496 e. The average Bonchev–Trinajstić information content (AvgIpc) is 3.22. The molecule has 152 valence electrons. The van der Waals surface area contributed by atoms with E-state index in [9.17, 15) is 4.79 Å². The predicted octanol–water partition coefficient (Wildman–Crippen LogP) is 4.46. The molecular formula is C23H28N4O2. The minimum absolute atomic E-state index is 0.0414. The Labute approximate surface area is 171 Å². The maximum atomic E-state index is 12.9. The van der Waals surface area contributed by atoms with Gasteiger partial charge in [-0.25, -0.2) is 4.79 Å². The summed E-state index contributed by atoms with van der Waals surface area (Å²) >= 11 is 0. The van der Waals surface area contributed by atoms with Gasteiger partial charge in [0.25, 0.3) is 0 Å². The number of piperazine rings is 1. The zero-order valence-corrected chi connectivity index (χ0v) is 17.5. The zero-order chi connectivity index (χ0) is 20.5. The molecule has 0 atom stereocenters. The lowest BCUT2D eigenvalue weighted by Gasteiger charge is -2.36. The fraction of sp³-hybridized carbons (Fsp3) is 0.348. The second-order valence-electron chi connectivity index (χ2n) is 7.64. The van der Waals surface area contributed by atoms with Crippen molar-refractivity contribution in [2.75, 3.05) is 43.5 Å². The van der Waals surface area contributed by atoms with Crippen LogP contribution in [0, 0.1) is 20.8 Å². The Kier molecular flexibility index (Phi) is 5.09. The van der Waals surface area contributed by atoms with Crippen LogP contribution in [0.3, 0.4) is 0 Å². The molecule has 1 aliphatic heterocycles. The van der Waals surface area contributed by atoms with Crippen LogP contribution in [-0.4, -0.2) is 49.2 Å². The first-order valence-corrected chi connectivity index (χ1v) is 10.0. The van der Waals surface area contributed by atoms with E-state index < -0.39 is 0 Å². The molecule has 0 spiro atoms. The number of hydrogen-bond acceptors (Lipinski definition) is 3. The van der Waals surface area contributed by atoms with Crippen LogP contribution in [0.15, 0.2) is 36.5 Å². The number of anilines is 2. The minimum Gasteiger partial charge on any atom is -0.496 e. The molecule has 4 rings (SSSR count). The van der Waals surface area contributed by atoms with Crippen molar-refractivity contribution in [3.05, 3.63) is 53.2 Å². The molecule has 2 heterocycles. The summed E-state index contributed by atoms with van der Waals surface area (Å²) < 4.78 is 5.43. The Hall–Kier alpha value is -3.15. The van der Waals surface area contributed by atoms with Crippen molar-refractivity contribution in [3.8, 4) is 5.75 Å². The number of carbonyl (C=O) groups is 1. The molecule has 1 fully saturated rings. The minimum atomic E-state index is -0.0414. The Bertz CT molecular complexity index is 1050.